The molecule has 0 spiro atoms. The molecule has 4 aromatic rings. The van der Waals surface area contributed by atoms with Gasteiger partial charge in [-0.15, -0.1) is 0 Å². The van der Waals surface area contributed by atoms with Crippen molar-refractivity contribution in [1.29, 1.82) is 0 Å². The van der Waals surface area contributed by atoms with Crippen LogP contribution < -0.4 is 10.2 Å². The van der Waals surface area contributed by atoms with E-state index in [4.69, 9.17) is 0 Å². The zero-order chi connectivity index (χ0) is 23.9. The van der Waals surface area contributed by atoms with Crippen LogP contribution in [0.4, 0.5) is 21.8 Å². The Kier molecular flexibility index (Phi) is 5.52. The molecule has 9 nitrogen and oxygen atoms in total. The molecule has 6 rings (SSSR count). The average Bonchev–Trinajstić information content (AvgIpc) is 3.63. The minimum atomic E-state index is -0.611. The Morgan fingerprint density at radius 1 is 0.971 bits per heavy atom. The summed E-state index contributed by atoms with van der Waals surface area (Å²) in [4.78, 5) is 26.7. The van der Waals surface area contributed by atoms with Crippen LogP contribution in [0.1, 0.15) is 32.7 Å². The highest BCUT2D eigenvalue weighted by molar-refractivity contribution is 5.79. The van der Waals surface area contributed by atoms with E-state index in [9.17, 15) is 4.39 Å². The molecule has 1 aliphatic heterocycles. The highest BCUT2D eigenvalue weighted by Crippen LogP contribution is 2.29. The molecule has 0 radical (unpaired) electrons. The summed E-state index contributed by atoms with van der Waals surface area (Å²) in [5, 5.41) is 3.15. The Labute approximate surface area is 203 Å². The second kappa shape index (κ2) is 8.84. The quantitative estimate of drug-likeness (QED) is 0.420. The molecule has 35 heavy (non-hydrogen) atoms. The Morgan fingerprint density at radius 2 is 1.80 bits per heavy atom. The maximum Gasteiger partial charge on any atom is 0.241 e. The van der Waals surface area contributed by atoms with E-state index < -0.39 is 5.95 Å². The Balaban J connectivity index is 1.18. The van der Waals surface area contributed by atoms with Crippen LogP contribution in [0.2, 0.25) is 0 Å². The number of fused-ring (bicyclic) bond motifs is 1. The van der Waals surface area contributed by atoms with Gasteiger partial charge in [0, 0.05) is 44.5 Å². The van der Waals surface area contributed by atoms with Crippen molar-refractivity contribution in [2.45, 2.75) is 38.8 Å². The number of anilines is 3. The van der Waals surface area contributed by atoms with Crippen LogP contribution in [0.15, 0.2) is 43.0 Å². The molecule has 1 saturated carbocycles. The van der Waals surface area contributed by atoms with Crippen molar-refractivity contribution >= 4 is 28.5 Å². The first-order valence-corrected chi connectivity index (χ1v) is 12.1. The van der Waals surface area contributed by atoms with Gasteiger partial charge in [0.05, 0.1) is 35.1 Å². The molecule has 5 heterocycles. The van der Waals surface area contributed by atoms with E-state index in [0.29, 0.717) is 28.7 Å². The van der Waals surface area contributed by atoms with Crippen molar-refractivity contribution in [3.05, 3.63) is 48.9 Å². The number of rotatable bonds is 6. The third kappa shape index (κ3) is 4.41. The predicted octanol–water partition coefficient (Wildman–Crippen LogP) is 4.03. The lowest BCUT2D eigenvalue weighted by Crippen LogP contribution is -2.47. The first-order chi connectivity index (χ1) is 17.0. The predicted molar refractivity (Wildman–Crippen MR) is 133 cm³/mol. The van der Waals surface area contributed by atoms with Gasteiger partial charge in [0.2, 0.25) is 11.9 Å². The van der Waals surface area contributed by atoms with Crippen molar-refractivity contribution in [1.82, 2.24) is 34.4 Å². The summed E-state index contributed by atoms with van der Waals surface area (Å²) in [6.07, 6.45) is 7.86. The Bertz CT molecular complexity index is 1340. The third-order valence-corrected chi connectivity index (χ3v) is 6.72. The number of nitrogens with one attached hydrogen (secondary N) is 1. The highest BCUT2D eigenvalue weighted by Gasteiger charge is 2.31. The minimum Gasteiger partial charge on any atom is -0.368 e. The number of halogens is 1. The molecular weight excluding hydrogens is 445 g/mol. The van der Waals surface area contributed by atoms with Crippen LogP contribution in [0.25, 0.3) is 22.4 Å². The molecule has 2 fully saturated rings. The number of hydrogen-bond donors (Lipinski definition) is 1. The average molecular weight is 474 g/mol. The van der Waals surface area contributed by atoms with E-state index >= 15 is 0 Å². The Morgan fingerprint density at radius 3 is 2.51 bits per heavy atom. The number of piperazine rings is 1. The largest absolute Gasteiger partial charge is 0.368 e. The number of imidazole rings is 1. The summed E-state index contributed by atoms with van der Waals surface area (Å²) in [6.45, 7) is 8.34. The zero-order valence-electron chi connectivity index (χ0n) is 19.9. The van der Waals surface area contributed by atoms with Gasteiger partial charge >= 0.3 is 0 Å². The molecule has 0 amide bonds. The summed E-state index contributed by atoms with van der Waals surface area (Å²) in [5.74, 6) is 0.413. The van der Waals surface area contributed by atoms with Crippen molar-refractivity contribution in [2.75, 3.05) is 36.4 Å². The summed E-state index contributed by atoms with van der Waals surface area (Å²) in [5.41, 5.74) is 3.01. The number of nitrogens with zero attached hydrogens (tertiary/aromatic N) is 8. The molecule has 0 bridgehead atoms. The zero-order valence-corrected chi connectivity index (χ0v) is 19.9. The van der Waals surface area contributed by atoms with E-state index in [0.717, 1.165) is 37.9 Å². The van der Waals surface area contributed by atoms with E-state index in [-0.39, 0.29) is 11.6 Å². The molecule has 1 N–H and O–H groups in total. The molecule has 10 heteroatoms. The molecule has 0 unspecified atom stereocenters. The normalized spacial score (nSPS) is 16.9. The smallest absolute Gasteiger partial charge is 0.241 e. The SMILES string of the molecule is CC(C)n1cnc2c(F)nc(-c3ccnc(Nc4ccc(N5CCN(C6CC6)CC5)cn4)n3)cc21. The van der Waals surface area contributed by atoms with E-state index in [1.54, 1.807) is 18.6 Å². The summed E-state index contributed by atoms with van der Waals surface area (Å²) >= 11 is 0. The van der Waals surface area contributed by atoms with Crippen LogP contribution in [0, 0.1) is 5.95 Å². The lowest BCUT2D eigenvalue weighted by atomic mass is 10.2. The van der Waals surface area contributed by atoms with Gasteiger partial charge in [-0.1, -0.05) is 0 Å². The number of pyridine rings is 2. The van der Waals surface area contributed by atoms with Crippen LogP contribution in [-0.2, 0) is 0 Å². The number of aromatic nitrogens is 6. The summed E-state index contributed by atoms with van der Waals surface area (Å²) < 4.78 is 16.6. The van der Waals surface area contributed by atoms with Crippen molar-refractivity contribution in [3.8, 4) is 11.4 Å². The van der Waals surface area contributed by atoms with Crippen LogP contribution in [0.3, 0.4) is 0 Å². The maximum absolute atomic E-state index is 14.6. The fourth-order valence-electron chi connectivity index (χ4n) is 4.64. The van der Waals surface area contributed by atoms with E-state index in [1.165, 1.54) is 12.8 Å². The molecule has 1 saturated heterocycles. The maximum atomic E-state index is 14.6. The lowest BCUT2D eigenvalue weighted by molar-refractivity contribution is 0.248. The summed E-state index contributed by atoms with van der Waals surface area (Å²) in [7, 11) is 0. The van der Waals surface area contributed by atoms with Crippen molar-refractivity contribution in [2.24, 2.45) is 0 Å². The van der Waals surface area contributed by atoms with Crippen LogP contribution in [0.5, 0.6) is 0 Å². The second-order valence-corrected chi connectivity index (χ2v) is 9.46. The van der Waals surface area contributed by atoms with Gasteiger partial charge in [0.25, 0.3) is 0 Å². The standard InChI is InChI=1S/C25H28FN9/c1-16(2)35-15-29-23-21(35)13-20(30-24(23)26)19-7-8-27-25(31-19)32-22-6-5-18(14-28-22)34-11-9-33(10-12-34)17-3-4-17/h5-8,13-17H,3-4,9-12H2,1-2H3,(H,27,28,31,32). The molecule has 2 aliphatic rings. The monoisotopic (exact) mass is 473 g/mol. The first kappa shape index (κ1) is 21.8. The molecule has 1 aliphatic carbocycles. The fraction of sp³-hybridized carbons (Fsp3) is 0.400. The van der Waals surface area contributed by atoms with Gasteiger partial charge in [-0.25, -0.2) is 24.9 Å². The first-order valence-electron chi connectivity index (χ1n) is 12.1. The molecular formula is C25H28FN9. The Hall–Kier alpha value is -3.66. The lowest BCUT2D eigenvalue weighted by Gasteiger charge is -2.36. The van der Waals surface area contributed by atoms with E-state index in [2.05, 4.69) is 46.1 Å². The van der Waals surface area contributed by atoms with Gasteiger partial charge in [-0.3, -0.25) is 4.90 Å². The molecule has 4 aromatic heterocycles. The molecule has 180 valence electrons. The van der Waals surface area contributed by atoms with Gasteiger partial charge < -0.3 is 14.8 Å². The van der Waals surface area contributed by atoms with Crippen molar-refractivity contribution < 1.29 is 4.39 Å². The van der Waals surface area contributed by atoms with Gasteiger partial charge in [0.1, 0.15) is 11.3 Å². The van der Waals surface area contributed by atoms with Crippen LogP contribution >= 0.6 is 0 Å². The molecule has 0 aromatic carbocycles. The topological polar surface area (TPSA) is 87.9 Å². The van der Waals surface area contributed by atoms with Crippen molar-refractivity contribution in [3.63, 3.8) is 0 Å². The number of hydrogen-bond acceptors (Lipinski definition) is 8. The van der Waals surface area contributed by atoms with Gasteiger partial charge in [-0.05, 0) is 51.0 Å². The minimum absolute atomic E-state index is 0.147. The van der Waals surface area contributed by atoms with Crippen LogP contribution in [-0.4, -0.2) is 66.6 Å². The van der Waals surface area contributed by atoms with Gasteiger partial charge in [-0.2, -0.15) is 4.39 Å². The summed E-state index contributed by atoms with van der Waals surface area (Å²) in [6, 6.07) is 8.51. The second-order valence-electron chi connectivity index (χ2n) is 9.46. The van der Waals surface area contributed by atoms with E-state index in [1.807, 2.05) is 36.7 Å². The third-order valence-electron chi connectivity index (χ3n) is 6.72. The van der Waals surface area contributed by atoms with Gasteiger partial charge in [0.15, 0.2) is 0 Å². The molecule has 0 atom stereocenters. The fourth-order valence-corrected chi connectivity index (χ4v) is 4.64. The highest BCUT2D eigenvalue weighted by atomic mass is 19.1.